The van der Waals surface area contributed by atoms with E-state index in [9.17, 15) is 0 Å². The summed E-state index contributed by atoms with van der Waals surface area (Å²) in [5.74, 6) is 0.860. The molecule has 0 amide bonds. The Balaban J connectivity index is 2.31. The van der Waals surface area contributed by atoms with E-state index in [2.05, 4.69) is 42.0 Å². The number of hydrogen-bond acceptors (Lipinski definition) is 2. The number of hydrogen-bond donors (Lipinski definition) is 2. The largest absolute Gasteiger partial charge is 0.341 e. The van der Waals surface area contributed by atoms with Crippen molar-refractivity contribution in [3.05, 3.63) is 41.9 Å². The molecule has 3 heteroatoms. The Morgan fingerprint density at radius 1 is 1.44 bits per heavy atom. The molecule has 3 nitrogen and oxygen atoms in total. The number of nitrogens with one attached hydrogen (secondary N) is 1. The van der Waals surface area contributed by atoms with Crippen molar-refractivity contribution in [2.45, 2.75) is 26.3 Å². The standard InChI is InChI=1S/C13H17N3/c1-3-11(14)13-15-8-12(16-13)10-6-4-5-9(2)7-10/h4-8,11H,3,14H2,1-2H3,(H,15,16). The van der Waals surface area contributed by atoms with Crippen molar-refractivity contribution in [1.29, 1.82) is 0 Å². The van der Waals surface area contributed by atoms with Crippen LogP contribution in [0, 0.1) is 6.92 Å². The van der Waals surface area contributed by atoms with Crippen molar-refractivity contribution in [3.63, 3.8) is 0 Å². The summed E-state index contributed by atoms with van der Waals surface area (Å²) < 4.78 is 0. The molecule has 0 fully saturated rings. The topological polar surface area (TPSA) is 54.7 Å². The van der Waals surface area contributed by atoms with E-state index in [1.54, 1.807) is 0 Å². The van der Waals surface area contributed by atoms with E-state index in [1.165, 1.54) is 5.56 Å². The first-order valence-electron chi connectivity index (χ1n) is 5.58. The van der Waals surface area contributed by atoms with Gasteiger partial charge < -0.3 is 10.7 Å². The first-order valence-corrected chi connectivity index (χ1v) is 5.58. The Kier molecular flexibility index (Phi) is 3.06. The quantitative estimate of drug-likeness (QED) is 0.827. The first-order chi connectivity index (χ1) is 7.70. The smallest absolute Gasteiger partial charge is 0.123 e. The second kappa shape index (κ2) is 4.49. The van der Waals surface area contributed by atoms with Crippen molar-refractivity contribution in [1.82, 2.24) is 9.97 Å². The fourth-order valence-corrected chi connectivity index (χ4v) is 1.68. The number of imidazole rings is 1. The zero-order valence-corrected chi connectivity index (χ0v) is 9.70. The van der Waals surface area contributed by atoms with Crippen molar-refractivity contribution in [3.8, 4) is 11.3 Å². The molecule has 0 aliphatic heterocycles. The van der Waals surface area contributed by atoms with Gasteiger partial charge in [0.2, 0.25) is 0 Å². The molecule has 2 rings (SSSR count). The van der Waals surface area contributed by atoms with E-state index < -0.39 is 0 Å². The van der Waals surface area contributed by atoms with Gasteiger partial charge in [-0.05, 0) is 25.0 Å². The molecule has 3 N–H and O–H groups in total. The van der Waals surface area contributed by atoms with Gasteiger partial charge in [0, 0.05) is 0 Å². The summed E-state index contributed by atoms with van der Waals surface area (Å²) in [6.45, 7) is 4.14. The monoisotopic (exact) mass is 215 g/mol. The molecule has 84 valence electrons. The lowest BCUT2D eigenvalue weighted by molar-refractivity contribution is 0.658. The van der Waals surface area contributed by atoms with E-state index in [0.717, 1.165) is 23.5 Å². The van der Waals surface area contributed by atoms with Crippen molar-refractivity contribution >= 4 is 0 Å². The lowest BCUT2D eigenvalue weighted by Gasteiger charge is -2.04. The van der Waals surface area contributed by atoms with Crippen LogP contribution in [0.5, 0.6) is 0 Å². The van der Waals surface area contributed by atoms with Gasteiger partial charge in [-0.15, -0.1) is 0 Å². The lowest BCUT2D eigenvalue weighted by Crippen LogP contribution is -2.10. The van der Waals surface area contributed by atoms with Crippen LogP contribution in [0.4, 0.5) is 0 Å². The van der Waals surface area contributed by atoms with Gasteiger partial charge in [0.1, 0.15) is 5.82 Å². The van der Waals surface area contributed by atoms with Gasteiger partial charge in [-0.2, -0.15) is 0 Å². The number of rotatable bonds is 3. The van der Waals surface area contributed by atoms with Crippen LogP contribution in [-0.4, -0.2) is 9.97 Å². The molecule has 0 saturated heterocycles. The van der Waals surface area contributed by atoms with Crippen LogP contribution in [0.15, 0.2) is 30.5 Å². The fraction of sp³-hybridized carbons (Fsp3) is 0.308. The van der Waals surface area contributed by atoms with Crippen LogP contribution in [0.3, 0.4) is 0 Å². The Bertz CT molecular complexity index is 474. The fourth-order valence-electron chi connectivity index (χ4n) is 1.68. The average molecular weight is 215 g/mol. The second-order valence-electron chi connectivity index (χ2n) is 4.07. The molecule has 0 saturated carbocycles. The predicted octanol–water partition coefficient (Wildman–Crippen LogP) is 2.79. The van der Waals surface area contributed by atoms with Crippen LogP contribution >= 0.6 is 0 Å². The minimum Gasteiger partial charge on any atom is -0.341 e. The minimum absolute atomic E-state index is 0.00133. The predicted molar refractivity (Wildman–Crippen MR) is 66.0 cm³/mol. The number of aromatic amines is 1. The second-order valence-corrected chi connectivity index (χ2v) is 4.07. The SMILES string of the molecule is CCC(N)c1ncc(-c2cccc(C)c2)[nH]1. The van der Waals surface area contributed by atoms with E-state index in [0.29, 0.717) is 0 Å². The third-order valence-electron chi connectivity index (χ3n) is 2.72. The first kappa shape index (κ1) is 10.9. The van der Waals surface area contributed by atoms with Crippen LogP contribution in [-0.2, 0) is 0 Å². The summed E-state index contributed by atoms with van der Waals surface area (Å²) >= 11 is 0. The third-order valence-corrected chi connectivity index (χ3v) is 2.72. The highest BCUT2D eigenvalue weighted by Gasteiger charge is 2.08. The Morgan fingerprint density at radius 3 is 2.94 bits per heavy atom. The molecule has 1 aromatic heterocycles. The number of benzene rings is 1. The van der Waals surface area contributed by atoms with Gasteiger partial charge in [0.05, 0.1) is 17.9 Å². The molecule has 0 bridgehead atoms. The molecular formula is C13H17N3. The molecule has 1 aromatic carbocycles. The van der Waals surface area contributed by atoms with Crippen LogP contribution < -0.4 is 5.73 Å². The van der Waals surface area contributed by atoms with E-state index >= 15 is 0 Å². The molecular weight excluding hydrogens is 198 g/mol. The van der Waals surface area contributed by atoms with Crippen molar-refractivity contribution in [2.24, 2.45) is 5.73 Å². The number of aromatic nitrogens is 2. The normalized spacial score (nSPS) is 12.7. The molecule has 1 heterocycles. The van der Waals surface area contributed by atoms with E-state index in [4.69, 9.17) is 5.73 Å². The Labute approximate surface area is 95.7 Å². The maximum absolute atomic E-state index is 5.92. The molecule has 2 aromatic rings. The summed E-state index contributed by atoms with van der Waals surface area (Å²) in [6.07, 6.45) is 2.74. The molecule has 0 aliphatic carbocycles. The maximum atomic E-state index is 5.92. The lowest BCUT2D eigenvalue weighted by atomic mass is 10.1. The molecule has 0 spiro atoms. The van der Waals surface area contributed by atoms with Crippen molar-refractivity contribution in [2.75, 3.05) is 0 Å². The van der Waals surface area contributed by atoms with Crippen LogP contribution in [0.1, 0.15) is 30.8 Å². The third kappa shape index (κ3) is 2.14. The summed E-state index contributed by atoms with van der Waals surface area (Å²) in [6, 6.07) is 8.33. The van der Waals surface area contributed by atoms with Crippen molar-refractivity contribution < 1.29 is 0 Å². The number of aryl methyl sites for hydroxylation is 1. The Hall–Kier alpha value is -1.61. The minimum atomic E-state index is -0.00133. The number of nitrogens with zero attached hydrogens (tertiary/aromatic N) is 1. The molecule has 0 radical (unpaired) electrons. The number of nitrogens with two attached hydrogens (primary N) is 1. The highest BCUT2D eigenvalue weighted by molar-refractivity contribution is 5.59. The molecule has 1 unspecified atom stereocenters. The van der Waals surface area contributed by atoms with Gasteiger partial charge in [-0.1, -0.05) is 30.7 Å². The summed E-state index contributed by atoms with van der Waals surface area (Å²) in [5.41, 5.74) is 9.35. The maximum Gasteiger partial charge on any atom is 0.123 e. The molecule has 0 aliphatic rings. The van der Waals surface area contributed by atoms with Crippen LogP contribution in [0.2, 0.25) is 0 Å². The molecule has 1 atom stereocenters. The van der Waals surface area contributed by atoms with Gasteiger partial charge in [-0.3, -0.25) is 0 Å². The summed E-state index contributed by atoms with van der Waals surface area (Å²) in [7, 11) is 0. The average Bonchev–Trinajstić information content (AvgIpc) is 2.77. The van der Waals surface area contributed by atoms with Gasteiger partial charge in [0.15, 0.2) is 0 Å². The van der Waals surface area contributed by atoms with Crippen LogP contribution in [0.25, 0.3) is 11.3 Å². The zero-order valence-electron chi connectivity index (χ0n) is 9.70. The van der Waals surface area contributed by atoms with Gasteiger partial charge in [0.25, 0.3) is 0 Å². The highest BCUT2D eigenvalue weighted by atomic mass is 15.0. The Morgan fingerprint density at radius 2 is 2.25 bits per heavy atom. The molecule has 16 heavy (non-hydrogen) atoms. The highest BCUT2D eigenvalue weighted by Crippen LogP contribution is 2.20. The zero-order chi connectivity index (χ0) is 11.5. The van der Waals surface area contributed by atoms with Gasteiger partial charge in [-0.25, -0.2) is 4.98 Å². The summed E-state index contributed by atoms with van der Waals surface area (Å²) in [4.78, 5) is 7.58. The van der Waals surface area contributed by atoms with Gasteiger partial charge >= 0.3 is 0 Å². The number of H-pyrrole nitrogens is 1. The summed E-state index contributed by atoms with van der Waals surface area (Å²) in [5, 5.41) is 0. The van der Waals surface area contributed by atoms with E-state index in [1.807, 2.05) is 12.3 Å². The van der Waals surface area contributed by atoms with E-state index in [-0.39, 0.29) is 6.04 Å².